The van der Waals surface area contributed by atoms with Crippen molar-refractivity contribution < 1.29 is 4.79 Å². The number of H-pyrrole nitrogens is 2. The Kier molecular flexibility index (Phi) is 5.65. The molecule has 3 heterocycles. The quantitative estimate of drug-likeness (QED) is 0.495. The summed E-state index contributed by atoms with van der Waals surface area (Å²) < 4.78 is 0. The molecule has 1 aromatic carbocycles. The first kappa shape index (κ1) is 21.5. The average molecular weight is 430 g/mol. The van der Waals surface area contributed by atoms with Gasteiger partial charge in [-0.2, -0.15) is 0 Å². The number of rotatable bonds is 5. The molecular weight excluding hydrogens is 402 g/mol. The number of pyridine rings is 1. The summed E-state index contributed by atoms with van der Waals surface area (Å²) >= 11 is 0. The SMILES string of the molecule is Cc1cc(C)c(CN(C(=O)c2cc(-c3ccncn3)cc3[nH]cc(C)c23)C(C)C)c(=O)[nH]1. The van der Waals surface area contributed by atoms with Gasteiger partial charge >= 0.3 is 0 Å². The number of aromatic nitrogens is 4. The van der Waals surface area contributed by atoms with Crippen molar-refractivity contribution in [1.82, 2.24) is 24.8 Å². The lowest BCUT2D eigenvalue weighted by atomic mass is 9.99. The van der Waals surface area contributed by atoms with Gasteiger partial charge < -0.3 is 14.9 Å². The summed E-state index contributed by atoms with van der Waals surface area (Å²) in [6.45, 7) is 9.91. The molecule has 0 bridgehead atoms. The minimum absolute atomic E-state index is 0.0976. The molecule has 7 nitrogen and oxygen atoms in total. The van der Waals surface area contributed by atoms with Gasteiger partial charge in [-0.05, 0) is 70.0 Å². The molecule has 0 radical (unpaired) electrons. The van der Waals surface area contributed by atoms with Gasteiger partial charge in [-0.3, -0.25) is 9.59 Å². The number of hydrogen-bond acceptors (Lipinski definition) is 4. The Morgan fingerprint density at radius 1 is 1.12 bits per heavy atom. The monoisotopic (exact) mass is 429 g/mol. The van der Waals surface area contributed by atoms with E-state index in [9.17, 15) is 9.59 Å². The molecule has 164 valence electrons. The number of amides is 1. The summed E-state index contributed by atoms with van der Waals surface area (Å²) in [5, 5.41) is 0.882. The summed E-state index contributed by atoms with van der Waals surface area (Å²) in [4.78, 5) is 42.7. The van der Waals surface area contributed by atoms with E-state index in [2.05, 4.69) is 19.9 Å². The van der Waals surface area contributed by atoms with Crippen molar-refractivity contribution in [3.63, 3.8) is 0 Å². The third-order valence-corrected chi connectivity index (χ3v) is 5.79. The lowest BCUT2D eigenvalue weighted by molar-refractivity contribution is 0.0691. The Bertz CT molecular complexity index is 1350. The van der Waals surface area contributed by atoms with Crippen molar-refractivity contribution in [2.45, 2.75) is 47.2 Å². The van der Waals surface area contributed by atoms with Crippen molar-refractivity contribution in [3.8, 4) is 11.3 Å². The third kappa shape index (κ3) is 3.93. The Morgan fingerprint density at radius 3 is 2.56 bits per heavy atom. The number of carbonyl (C=O) groups is 1. The molecule has 0 spiro atoms. The van der Waals surface area contributed by atoms with Crippen LogP contribution in [0.5, 0.6) is 0 Å². The first-order valence-electron chi connectivity index (χ1n) is 10.6. The van der Waals surface area contributed by atoms with Gasteiger partial charge in [0.05, 0.1) is 12.2 Å². The fourth-order valence-electron chi connectivity index (χ4n) is 4.11. The van der Waals surface area contributed by atoms with Crippen LogP contribution in [-0.4, -0.2) is 36.8 Å². The smallest absolute Gasteiger partial charge is 0.255 e. The van der Waals surface area contributed by atoms with E-state index in [1.165, 1.54) is 6.33 Å². The predicted molar refractivity (Wildman–Crippen MR) is 126 cm³/mol. The largest absolute Gasteiger partial charge is 0.361 e. The standard InChI is InChI=1S/C25H27N5O2/c1-14(2)30(12-20-15(3)8-17(5)29-24(20)31)25(32)19-9-18(21-6-7-26-13-28-21)10-22-23(19)16(4)11-27-22/h6-11,13-14,27H,12H2,1-5H3,(H,29,31). The van der Waals surface area contributed by atoms with E-state index in [1.807, 2.05) is 65.1 Å². The van der Waals surface area contributed by atoms with Crippen LogP contribution in [0.1, 0.15) is 46.6 Å². The minimum atomic E-state index is -0.154. The van der Waals surface area contributed by atoms with Gasteiger partial charge in [0.1, 0.15) is 6.33 Å². The number of aryl methyl sites for hydroxylation is 3. The van der Waals surface area contributed by atoms with Crippen molar-refractivity contribution in [2.24, 2.45) is 0 Å². The number of nitrogens with zero attached hydrogens (tertiary/aromatic N) is 3. The van der Waals surface area contributed by atoms with Gasteiger partial charge in [-0.25, -0.2) is 9.97 Å². The lowest BCUT2D eigenvalue weighted by Gasteiger charge is -2.28. The van der Waals surface area contributed by atoms with Gasteiger partial charge in [0.25, 0.3) is 11.5 Å². The molecule has 0 unspecified atom stereocenters. The van der Waals surface area contributed by atoms with Crippen molar-refractivity contribution in [1.29, 1.82) is 0 Å². The zero-order valence-electron chi connectivity index (χ0n) is 19.0. The molecule has 7 heteroatoms. The zero-order chi connectivity index (χ0) is 23.0. The van der Waals surface area contributed by atoms with Crippen LogP contribution in [0.3, 0.4) is 0 Å². The van der Waals surface area contributed by atoms with E-state index < -0.39 is 0 Å². The van der Waals surface area contributed by atoms with E-state index in [-0.39, 0.29) is 24.1 Å². The molecule has 0 saturated heterocycles. The molecule has 0 aliphatic heterocycles. The molecule has 4 rings (SSSR count). The highest BCUT2D eigenvalue weighted by molar-refractivity contribution is 6.09. The number of aromatic amines is 2. The van der Waals surface area contributed by atoms with E-state index in [1.54, 1.807) is 11.1 Å². The number of benzene rings is 1. The maximum Gasteiger partial charge on any atom is 0.255 e. The zero-order valence-corrected chi connectivity index (χ0v) is 19.0. The Morgan fingerprint density at radius 2 is 1.91 bits per heavy atom. The fourth-order valence-corrected chi connectivity index (χ4v) is 4.11. The maximum atomic E-state index is 13.9. The molecule has 3 aromatic heterocycles. The maximum absolute atomic E-state index is 13.9. The fraction of sp³-hybridized carbons (Fsp3) is 0.280. The number of fused-ring (bicyclic) bond motifs is 1. The van der Waals surface area contributed by atoms with Gasteiger partial charge in [0, 0.05) is 51.7 Å². The molecule has 0 aliphatic rings. The van der Waals surface area contributed by atoms with Gasteiger partial charge in [-0.1, -0.05) is 0 Å². The van der Waals surface area contributed by atoms with Crippen LogP contribution in [0.4, 0.5) is 0 Å². The second-order valence-electron chi connectivity index (χ2n) is 8.48. The molecular formula is C25H27N5O2. The van der Waals surface area contributed by atoms with Crippen molar-refractivity contribution >= 4 is 16.8 Å². The molecule has 0 aliphatic carbocycles. The van der Waals surface area contributed by atoms with Crippen LogP contribution in [-0.2, 0) is 6.54 Å². The van der Waals surface area contributed by atoms with E-state index in [4.69, 9.17) is 0 Å². The van der Waals surface area contributed by atoms with Crippen molar-refractivity contribution in [2.75, 3.05) is 0 Å². The molecule has 0 fully saturated rings. The summed E-state index contributed by atoms with van der Waals surface area (Å²) in [5.41, 5.74) is 6.15. The Labute approximate surface area is 186 Å². The Hall–Kier alpha value is -3.74. The van der Waals surface area contributed by atoms with Crippen LogP contribution >= 0.6 is 0 Å². The summed E-state index contributed by atoms with van der Waals surface area (Å²) in [5.74, 6) is -0.122. The normalized spacial score (nSPS) is 11.3. The predicted octanol–water partition coefficient (Wildman–Crippen LogP) is 4.29. The molecule has 32 heavy (non-hydrogen) atoms. The van der Waals surface area contributed by atoms with E-state index >= 15 is 0 Å². The van der Waals surface area contributed by atoms with Crippen LogP contribution in [0.25, 0.3) is 22.2 Å². The van der Waals surface area contributed by atoms with Crippen LogP contribution in [0, 0.1) is 20.8 Å². The highest BCUT2D eigenvalue weighted by Crippen LogP contribution is 2.30. The van der Waals surface area contributed by atoms with E-state index in [0.29, 0.717) is 11.1 Å². The van der Waals surface area contributed by atoms with Crippen LogP contribution in [0.15, 0.2) is 47.8 Å². The molecule has 0 atom stereocenters. The second-order valence-corrected chi connectivity index (χ2v) is 8.48. The van der Waals surface area contributed by atoms with Crippen LogP contribution < -0.4 is 5.56 Å². The molecule has 0 saturated carbocycles. The molecule has 1 amide bonds. The van der Waals surface area contributed by atoms with Crippen molar-refractivity contribution in [3.05, 3.63) is 81.3 Å². The highest BCUT2D eigenvalue weighted by Gasteiger charge is 2.25. The summed E-state index contributed by atoms with van der Waals surface area (Å²) in [6, 6.07) is 7.54. The molecule has 2 N–H and O–H groups in total. The Balaban J connectivity index is 1.84. The van der Waals surface area contributed by atoms with E-state index in [0.717, 1.165) is 39.0 Å². The second kappa shape index (κ2) is 8.42. The molecule has 4 aromatic rings. The number of nitrogens with one attached hydrogen (secondary N) is 2. The third-order valence-electron chi connectivity index (χ3n) is 5.79. The lowest BCUT2D eigenvalue weighted by Crippen LogP contribution is -2.38. The summed E-state index contributed by atoms with van der Waals surface area (Å²) in [7, 11) is 0. The topological polar surface area (TPSA) is 94.7 Å². The first-order valence-corrected chi connectivity index (χ1v) is 10.6. The van der Waals surface area contributed by atoms with Crippen LogP contribution in [0.2, 0.25) is 0 Å². The number of carbonyl (C=O) groups excluding carboxylic acids is 1. The number of hydrogen-bond donors (Lipinski definition) is 2. The van der Waals surface area contributed by atoms with Gasteiger partial charge in [-0.15, -0.1) is 0 Å². The minimum Gasteiger partial charge on any atom is -0.361 e. The highest BCUT2D eigenvalue weighted by atomic mass is 16.2. The first-order chi connectivity index (χ1) is 15.3. The average Bonchev–Trinajstić information content (AvgIpc) is 3.13. The summed E-state index contributed by atoms with van der Waals surface area (Å²) in [6.07, 6.45) is 5.08. The van der Waals surface area contributed by atoms with Gasteiger partial charge in [0.15, 0.2) is 0 Å². The van der Waals surface area contributed by atoms with Gasteiger partial charge in [0.2, 0.25) is 0 Å².